The fourth-order valence-electron chi connectivity index (χ4n) is 1.42. The van der Waals surface area contributed by atoms with E-state index in [2.05, 4.69) is 15.9 Å². The van der Waals surface area contributed by atoms with Crippen molar-refractivity contribution in [1.82, 2.24) is 0 Å². The Kier molecular flexibility index (Phi) is 3.49. The molecule has 2 aromatic rings. The number of rotatable bonds is 2. The molecule has 0 radical (unpaired) electrons. The van der Waals surface area contributed by atoms with Gasteiger partial charge >= 0.3 is 0 Å². The zero-order chi connectivity index (χ0) is 13.1. The summed E-state index contributed by atoms with van der Waals surface area (Å²) >= 11 is 3.17. The van der Waals surface area contributed by atoms with Gasteiger partial charge in [-0.1, -0.05) is 15.9 Å². The van der Waals surface area contributed by atoms with E-state index < -0.39 is 5.82 Å². The lowest BCUT2D eigenvalue weighted by atomic mass is 10.2. The largest absolute Gasteiger partial charge is 0.457 e. The molecule has 0 aromatic heterocycles. The second-order valence-corrected chi connectivity index (χ2v) is 4.48. The zero-order valence-electron chi connectivity index (χ0n) is 9.15. The van der Waals surface area contributed by atoms with E-state index in [4.69, 9.17) is 15.7 Å². The maximum Gasteiger partial charge on any atom is 0.131 e. The van der Waals surface area contributed by atoms with Gasteiger partial charge in [0.25, 0.3) is 0 Å². The van der Waals surface area contributed by atoms with Gasteiger partial charge in [0.2, 0.25) is 0 Å². The van der Waals surface area contributed by atoms with E-state index in [1.165, 1.54) is 18.2 Å². The maximum atomic E-state index is 13.2. The smallest absolute Gasteiger partial charge is 0.131 e. The standard InChI is InChI=1S/C13H8BrFN2O/c14-9-4-10(15)6-12(5-9)18-11-1-2-13(17)8(3-11)7-16/h1-6H,17H2. The van der Waals surface area contributed by atoms with Crippen molar-refractivity contribution in [1.29, 1.82) is 5.26 Å². The van der Waals surface area contributed by atoms with Crippen molar-refractivity contribution >= 4 is 21.6 Å². The van der Waals surface area contributed by atoms with Crippen molar-refractivity contribution in [2.24, 2.45) is 0 Å². The van der Waals surface area contributed by atoms with Gasteiger partial charge in [-0.2, -0.15) is 5.26 Å². The Morgan fingerprint density at radius 3 is 2.61 bits per heavy atom. The number of nitrogens with zero attached hydrogens (tertiary/aromatic N) is 1. The van der Waals surface area contributed by atoms with Gasteiger partial charge in [-0.15, -0.1) is 0 Å². The van der Waals surface area contributed by atoms with E-state index in [9.17, 15) is 4.39 Å². The lowest BCUT2D eigenvalue weighted by Gasteiger charge is -2.07. The molecule has 18 heavy (non-hydrogen) atoms. The van der Waals surface area contributed by atoms with Crippen LogP contribution >= 0.6 is 15.9 Å². The molecule has 0 aliphatic rings. The monoisotopic (exact) mass is 306 g/mol. The molecule has 2 N–H and O–H groups in total. The van der Waals surface area contributed by atoms with Gasteiger partial charge in [-0.25, -0.2) is 4.39 Å². The summed E-state index contributed by atoms with van der Waals surface area (Å²) in [6.07, 6.45) is 0. The number of anilines is 1. The van der Waals surface area contributed by atoms with Crippen molar-refractivity contribution in [3.63, 3.8) is 0 Å². The van der Waals surface area contributed by atoms with Crippen LogP contribution in [0.4, 0.5) is 10.1 Å². The molecule has 0 atom stereocenters. The molecule has 2 aromatic carbocycles. The quantitative estimate of drug-likeness (QED) is 0.858. The van der Waals surface area contributed by atoms with Crippen molar-refractivity contribution in [2.75, 3.05) is 5.73 Å². The van der Waals surface area contributed by atoms with Crippen LogP contribution < -0.4 is 10.5 Å². The highest BCUT2D eigenvalue weighted by Gasteiger charge is 2.04. The Morgan fingerprint density at radius 2 is 1.94 bits per heavy atom. The summed E-state index contributed by atoms with van der Waals surface area (Å²) in [5.74, 6) is 0.365. The van der Waals surface area contributed by atoms with Crippen LogP contribution in [0.3, 0.4) is 0 Å². The first-order valence-corrected chi connectivity index (χ1v) is 5.81. The fraction of sp³-hybridized carbons (Fsp3) is 0. The maximum absolute atomic E-state index is 13.2. The SMILES string of the molecule is N#Cc1cc(Oc2cc(F)cc(Br)c2)ccc1N. The average Bonchev–Trinajstić information content (AvgIpc) is 2.30. The highest BCUT2D eigenvalue weighted by Crippen LogP contribution is 2.27. The van der Waals surface area contributed by atoms with E-state index in [-0.39, 0.29) is 0 Å². The van der Waals surface area contributed by atoms with Crippen LogP contribution in [0.1, 0.15) is 5.56 Å². The number of nitrogens with two attached hydrogens (primary N) is 1. The van der Waals surface area contributed by atoms with Crippen LogP contribution in [-0.4, -0.2) is 0 Å². The van der Waals surface area contributed by atoms with E-state index in [0.717, 1.165) is 0 Å². The summed E-state index contributed by atoms with van der Waals surface area (Å²) in [6, 6.07) is 10.9. The lowest BCUT2D eigenvalue weighted by Crippen LogP contribution is -1.92. The first-order chi connectivity index (χ1) is 8.58. The average molecular weight is 307 g/mol. The summed E-state index contributed by atoms with van der Waals surface area (Å²) in [5.41, 5.74) is 6.30. The van der Waals surface area contributed by atoms with Crippen molar-refractivity contribution < 1.29 is 9.13 Å². The summed E-state index contributed by atoms with van der Waals surface area (Å²) in [6.45, 7) is 0. The van der Waals surface area contributed by atoms with Gasteiger partial charge in [-0.05, 0) is 24.3 Å². The van der Waals surface area contributed by atoms with Gasteiger partial charge in [0.1, 0.15) is 23.4 Å². The molecule has 0 aliphatic carbocycles. The van der Waals surface area contributed by atoms with Crippen molar-refractivity contribution in [3.8, 4) is 17.6 Å². The number of hydrogen-bond acceptors (Lipinski definition) is 3. The Morgan fingerprint density at radius 1 is 1.17 bits per heavy atom. The van der Waals surface area contributed by atoms with Crippen LogP contribution in [0.25, 0.3) is 0 Å². The molecule has 0 bridgehead atoms. The molecule has 0 heterocycles. The van der Waals surface area contributed by atoms with Crippen molar-refractivity contribution in [3.05, 3.63) is 52.3 Å². The van der Waals surface area contributed by atoms with Crippen LogP contribution in [-0.2, 0) is 0 Å². The van der Waals surface area contributed by atoms with Crippen molar-refractivity contribution in [2.45, 2.75) is 0 Å². The molecule has 0 spiro atoms. The minimum Gasteiger partial charge on any atom is -0.457 e. The van der Waals surface area contributed by atoms with Gasteiger partial charge in [-0.3, -0.25) is 0 Å². The third-order valence-corrected chi connectivity index (χ3v) is 2.67. The number of hydrogen-bond donors (Lipinski definition) is 1. The van der Waals surface area contributed by atoms with E-state index in [1.54, 1.807) is 18.2 Å². The minimum absolute atomic E-state index is 0.322. The molecule has 90 valence electrons. The third kappa shape index (κ3) is 2.79. The molecule has 0 saturated carbocycles. The third-order valence-electron chi connectivity index (χ3n) is 2.22. The van der Waals surface area contributed by atoms with Gasteiger partial charge in [0, 0.05) is 22.3 Å². The number of ether oxygens (including phenoxy) is 1. The van der Waals surface area contributed by atoms with Gasteiger partial charge < -0.3 is 10.5 Å². The summed E-state index contributed by atoms with van der Waals surface area (Å²) < 4.78 is 19.2. The zero-order valence-corrected chi connectivity index (χ0v) is 10.7. The van der Waals surface area contributed by atoms with Crippen LogP contribution in [0.5, 0.6) is 11.5 Å². The lowest BCUT2D eigenvalue weighted by molar-refractivity contribution is 0.476. The molecule has 3 nitrogen and oxygen atoms in total. The molecule has 5 heteroatoms. The van der Waals surface area contributed by atoms with E-state index >= 15 is 0 Å². The highest BCUT2D eigenvalue weighted by molar-refractivity contribution is 9.10. The predicted molar refractivity (Wildman–Crippen MR) is 69.7 cm³/mol. The number of benzene rings is 2. The number of halogens is 2. The summed E-state index contributed by atoms with van der Waals surface area (Å²) in [4.78, 5) is 0. The molecule has 0 amide bonds. The first-order valence-electron chi connectivity index (χ1n) is 5.02. The van der Waals surface area contributed by atoms with Crippen LogP contribution in [0, 0.1) is 17.1 Å². The summed E-state index contributed by atoms with van der Waals surface area (Å²) in [7, 11) is 0. The first kappa shape index (κ1) is 12.4. The van der Waals surface area contributed by atoms with Crippen LogP contribution in [0.15, 0.2) is 40.9 Å². The topological polar surface area (TPSA) is 59.0 Å². The minimum atomic E-state index is -0.407. The predicted octanol–water partition coefficient (Wildman–Crippen LogP) is 3.83. The molecular formula is C13H8BrFN2O. The Labute approximate surface area is 112 Å². The van der Waals surface area contributed by atoms with Gasteiger partial charge in [0.15, 0.2) is 0 Å². The molecule has 2 rings (SSSR count). The Balaban J connectivity index is 2.31. The fourth-order valence-corrected chi connectivity index (χ4v) is 1.86. The summed E-state index contributed by atoms with van der Waals surface area (Å²) in [5, 5.41) is 8.84. The van der Waals surface area contributed by atoms with E-state index in [0.29, 0.717) is 27.2 Å². The molecular weight excluding hydrogens is 299 g/mol. The molecule has 0 saturated heterocycles. The van der Waals surface area contributed by atoms with Gasteiger partial charge in [0.05, 0.1) is 5.56 Å². The molecule has 0 fully saturated rings. The molecule has 0 unspecified atom stereocenters. The Bertz CT molecular complexity index is 617. The number of nitriles is 1. The van der Waals surface area contributed by atoms with Crippen LogP contribution in [0.2, 0.25) is 0 Å². The normalized spacial score (nSPS) is 9.83. The van der Waals surface area contributed by atoms with E-state index in [1.807, 2.05) is 6.07 Å². The second-order valence-electron chi connectivity index (χ2n) is 3.57. The second kappa shape index (κ2) is 5.07. The highest BCUT2D eigenvalue weighted by atomic mass is 79.9. The number of nitrogen functional groups attached to an aromatic ring is 1. The molecule has 0 aliphatic heterocycles. The Hall–Kier alpha value is -2.06.